The molecule has 0 amide bonds. The van der Waals surface area contributed by atoms with E-state index in [9.17, 15) is 0 Å². The molecule has 1 unspecified atom stereocenters. The van der Waals surface area contributed by atoms with E-state index in [1.165, 1.54) is 0 Å². The summed E-state index contributed by atoms with van der Waals surface area (Å²) >= 11 is 0. The van der Waals surface area contributed by atoms with Gasteiger partial charge in [-0.1, -0.05) is 0 Å². The van der Waals surface area contributed by atoms with Crippen LogP contribution >= 0.6 is 0 Å². The first-order valence-corrected chi connectivity index (χ1v) is 5.57. The molecular weight excluding hydrogens is 180 g/mol. The molecular formula is C10H20N2O2. The minimum atomic E-state index is 0.423. The van der Waals surface area contributed by atoms with Crippen molar-refractivity contribution in [2.24, 2.45) is 0 Å². The van der Waals surface area contributed by atoms with Crippen LogP contribution in [0.4, 0.5) is 0 Å². The Morgan fingerprint density at radius 1 is 1.21 bits per heavy atom. The van der Waals surface area contributed by atoms with Gasteiger partial charge >= 0.3 is 0 Å². The quantitative estimate of drug-likeness (QED) is 0.678. The van der Waals surface area contributed by atoms with Gasteiger partial charge in [0.15, 0.2) is 0 Å². The Hall–Kier alpha value is -0.160. The molecule has 0 saturated carbocycles. The first-order chi connectivity index (χ1) is 6.95. The lowest BCUT2D eigenvalue weighted by Gasteiger charge is -2.29. The minimum Gasteiger partial charge on any atom is -0.379 e. The lowest BCUT2D eigenvalue weighted by Crippen LogP contribution is -2.42. The van der Waals surface area contributed by atoms with E-state index in [1.807, 2.05) is 0 Å². The average molecular weight is 200 g/mol. The van der Waals surface area contributed by atoms with Crippen LogP contribution in [0.5, 0.6) is 0 Å². The standard InChI is InChI=1S/C10H20N2O2/c1(10-9-11-2-6-14-10)3-12-4-7-13-8-5-12/h10-11H,1-9H2. The maximum absolute atomic E-state index is 5.65. The topological polar surface area (TPSA) is 33.7 Å². The van der Waals surface area contributed by atoms with Crippen molar-refractivity contribution in [2.45, 2.75) is 12.5 Å². The Kier molecular flexibility index (Phi) is 4.19. The van der Waals surface area contributed by atoms with Crippen molar-refractivity contribution >= 4 is 0 Å². The Bertz CT molecular complexity index is 136. The van der Waals surface area contributed by atoms with Crippen LogP contribution < -0.4 is 5.32 Å². The first-order valence-electron chi connectivity index (χ1n) is 5.57. The Morgan fingerprint density at radius 2 is 2.07 bits per heavy atom. The summed E-state index contributed by atoms with van der Waals surface area (Å²) in [7, 11) is 0. The predicted octanol–water partition coefficient (Wildman–Crippen LogP) is -0.303. The molecule has 0 aromatic heterocycles. The summed E-state index contributed by atoms with van der Waals surface area (Å²) in [6, 6.07) is 0. The van der Waals surface area contributed by atoms with Gasteiger partial charge in [0.05, 0.1) is 25.9 Å². The van der Waals surface area contributed by atoms with Gasteiger partial charge < -0.3 is 14.8 Å². The maximum Gasteiger partial charge on any atom is 0.0712 e. The third-order valence-corrected chi connectivity index (χ3v) is 2.88. The van der Waals surface area contributed by atoms with Gasteiger partial charge in [0, 0.05) is 32.7 Å². The summed E-state index contributed by atoms with van der Waals surface area (Å²) in [6.07, 6.45) is 1.57. The molecule has 0 spiro atoms. The Balaban J connectivity index is 1.60. The number of hydrogen-bond donors (Lipinski definition) is 1. The Labute approximate surface area is 85.5 Å². The van der Waals surface area contributed by atoms with Crippen molar-refractivity contribution in [3.63, 3.8) is 0 Å². The van der Waals surface area contributed by atoms with Crippen LogP contribution in [0.15, 0.2) is 0 Å². The highest BCUT2D eigenvalue weighted by atomic mass is 16.5. The molecule has 2 fully saturated rings. The number of nitrogens with one attached hydrogen (secondary N) is 1. The van der Waals surface area contributed by atoms with Gasteiger partial charge in [-0.15, -0.1) is 0 Å². The second-order valence-corrected chi connectivity index (χ2v) is 3.94. The summed E-state index contributed by atoms with van der Waals surface area (Å²) < 4.78 is 11.0. The predicted molar refractivity (Wildman–Crippen MR) is 54.5 cm³/mol. The van der Waals surface area contributed by atoms with Gasteiger partial charge in [0.2, 0.25) is 0 Å². The second-order valence-electron chi connectivity index (χ2n) is 3.94. The van der Waals surface area contributed by atoms with E-state index in [2.05, 4.69) is 10.2 Å². The second kappa shape index (κ2) is 5.66. The van der Waals surface area contributed by atoms with Gasteiger partial charge in [0.1, 0.15) is 0 Å². The monoisotopic (exact) mass is 200 g/mol. The third kappa shape index (κ3) is 3.20. The molecule has 2 aliphatic rings. The lowest BCUT2D eigenvalue weighted by atomic mass is 10.2. The maximum atomic E-state index is 5.65. The molecule has 2 heterocycles. The van der Waals surface area contributed by atoms with E-state index < -0.39 is 0 Å². The third-order valence-electron chi connectivity index (χ3n) is 2.88. The molecule has 0 aromatic carbocycles. The fourth-order valence-corrected chi connectivity index (χ4v) is 1.96. The highest BCUT2D eigenvalue weighted by Gasteiger charge is 2.16. The number of morpholine rings is 2. The van der Waals surface area contributed by atoms with E-state index >= 15 is 0 Å². The SMILES string of the molecule is C1COC(CCN2CCOCC2)CN1. The highest BCUT2D eigenvalue weighted by Crippen LogP contribution is 2.04. The van der Waals surface area contributed by atoms with E-state index in [-0.39, 0.29) is 0 Å². The van der Waals surface area contributed by atoms with Gasteiger partial charge in [-0.25, -0.2) is 0 Å². The zero-order valence-electron chi connectivity index (χ0n) is 8.71. The zero-order chi connectivity index (χ0) is 9.64. The first kappa shape index (κ1) is 10.4. The smallest absolute Gasteiger partial charge is 0.0712 e. The van der Waals surface area contributed by atoms with Crippen LogP contribution in [0.2, 0.25) is 0 Å². The summed E-state index contributed by atoms with van der Waals surface area (Å²) in [6.45, 7) is 8.00. The van der Waals surface area contributed by atoms with Crippen molar-refractivity contribution in [3.05, 3.63) is 0 Å². The summed E-state index contributed by atoms with van der Waals surface area (Å²) in [5.74, 6) is 0. The number of ether oxygens (including phenoxy) is 2. The molecule has 82 valence electrons. The van der Waals surface area contributed by atoms with E-state index in [1.54, 1.807) is 0 Å². The van der Waals surface area contributed by atoms with Crippen molar-refractivity contribution in [1.29, 1.82) is 0 Å². The molecule has 1 N–H and O–H groups in total. The fourth-order valence-electron chi connectivity index (χ4n) is 1.96. The molecule has 1 atom stereocenters. The zero-order valence-corrected chi connectivity index (χ0v) is 8.71. The van der Waals surface area contributed by atoms with Crippen LogP contribution in [-0.2, 0) is 9.47 Å². The normalized spacial score (nSPS) is 30.4. The minimum absolute atomic E-state index is 0.423. The van der Waals surface area contributed by atoms with Crippen LogP contribution in [0, 0.1) is 0 Å². The summed E-state index contributed by atoms with van der Waals surface area (Å²) in [4.78, 5) is 2.46. The van der Waals surface area contributed by atoms with Crippen LogP contribution in [0.3, 0.4) is 0 Å². The van der Waals surface area contributed by atoms with Crippen molar-refractivity contribution in [2.75, 3.05) is 52.5 Å². The molecule has 14 heavy (non-hydrogen) atoms. The molecule has 4 nitrogen and oxygen atoms in total. The molecule has 4 heteroatoms. The van der Waals surface area contributed by atoms with Gasteiger partial charge in [-0.3, -0.25) is 4.90 Å². The molecule has 0 aliphatic carbocycles. The summed E-state index contributed by atoms with van der Waals surface area (Å²) in [5.41, 5.74) is 0. The largest absolute Gasteiger partial charge is 0.379 e. The highest BCUT2D eigenvalue weighted by molar-refractivity contribution is 4.70. The van der Waals surface area contributed by atoms with Gasteiger partial charge in [0.25, 0.3) is 0 Å². The molecule has 2 rings (SSSR count). The molecule has 0 radical (unpaired) electrons. The van der Waals surface area contributed by atoms with E-state index in [4.69, 9.17) is 9.47 Å². The van der Waals surface area contributed by atoms with Crippen molar-refractivity contribution in [1.82, 2.24) is 10.2 Å². The van der Waals surface area contributed by atoms with Crippen LogP contribution in [0.1, 0.15) is 6.42 Å². The number of nitrogens with zero attached hydrogens (tertiary/aromatic N) is 1. The van der Waals surface area contributed by atoms with Crippen molar-refractivity contribution < 1.29 is 9.47 Å². The van der Waals surface area contributed by atoms with Crippen molar-refractivity contribution in [3.8, 4) is 0 Å². The number of hydrogen-bond acceptors (Lipinski definition) is 4. The van der Waals surface area contributed by atoms with Crippen LogP contribution in [-0.4, -0.2) is 63.5 Å². The lowest BCUT2D eigenvalue weighted by molar-refractivity contribution is 0.00114. The molecule has 0 aromatic rings. The van der Waals surface area contributed by atoms with Crippen LogP contribution in [0.25, 0.3) is 0 Å². The molecule has 2 aliphatic heterocycles. The summed E-state index contributed by atoms with van der Waals surface area (Å²) in [5, 5.41) is 3.35. The van der Waals surface area contributed by atoms with Gasteiger partial charge in [-0.2, -0.15) is 0 Å². The van der Waals surface area contributed by atoms with Gasteiger partial charge in [-0.05, 0) is 6.42 Å². The fraction of sp³-hybridized carbons (Fsp3) is 1.00. The molecule has 2 saturated heterocycles. The average Bonchev–Trinajstić information content (AvgIpc) is 2.29. The number of rotatable bonds is 3. The van der Waals surface area contributed by atoms with E-state index in [0.717, 1.165) is 59.0 Å². The molecule has 0 bridgehead atoms. The Morgan fingerprint density at radius 3 is 2.79 bits per heavy atom. The van der Waals surface area contributed by atoms with E-state index in [0.29, 0.717) is 6.10 Å².